The first kappa shape index (κ1) is 16.1. The predicted octanol–water partition coefficient (Wildman–Crippen LogP) is 1.07. The van der Waals surface area contributed by atoms with Crippen LogP contribution in [-0.4, -0.2) is 34.9 Å². The van der Waals surface area contributed by atoms with E-state index in [1.165, 1.54) is 12.4 Å². The molecule has 0 radical (unpaired) electrons. The van der Waals surface area contributed by atoms with Crippen LogP contribution in [0.4, 0.5) is 0 Å². The van der Waals surface area contributed by atoms with Gasteiger partial charge in [-0.15, -0.1) is 0 Å². The van der Waals surface area contributed by atoms with Crippen molar-refractivity contribution in [1.82, 2.24) is 20.6 Å². The van der Waals surface area contributed by atoms with Gasteiger partial charge in [0.15, 0.2) is 0 Å². The Morgan fingerprint density at radius 1 is 1.15 bits per heavy atom. The second-order valence-electron chi connectivity index (χ2n) is 5.08. The zero-order valence-corrected chi connectivity index (χ0v) is 12.3. The van der Waals surface area contributed by atoms with E-state index in [0.717, 1.165) is 12.1 Å². The van der Waals surface area contributed by atoms with Gasteiger partial charge in [-0.25, -0.2) is 4.98 Å². The molecule has 0 aliphatic heterocycles. The second-order valence-corrected chi connectivity index (χ2v) is 5.08. The van der Waals surface area contributed by atoms with Crippen LogP contribution in [0.2, 0.25) is 0 Å². The first-order chi connectivity index (χ1) is 9.49. The van der Waals surface area contributed by atoms with Crippen LogP contribution in [0.25, 0.3) is 0 Å². The normalized spacial score (nSPS) is 10.4. The molecule has 0 bridgehead atoms. The molecule has 110 valence electrons. The molecule has 0 saturated carbocycles. The summed E-state index contributed by atoms with van der Waals surface area (Å²) in [6.07, 6.45) is 4.18. The molecule has 0 aliphatic rings. The zero-order chi connectivity index (χ0) is 15.0. The number of carbonyl (C=O) groups excluding carboxylic acids is 2. The Hall–Kier alpha value is -1.98. The maximum atomic E-state index is 11.7. The monoisotopic (exact) mass is 278 g/mol. The minimum Gasteiger partial charge on any atom is -0.356 e. The van der Waals surface area contributed by atoms with Crippen LogP contribution in [-0.2, 0) is 4.79 Å². The molecule has 0 fully saturated rings. The van der Waals surface area contributed by atoms with Crippen LogP contribution in [0.3, 0.4) is 0 Å². The third kappa shape index (κ3) is 6.26. The molecule has 0 spiro atoms. The van der Waals surface area contributed by atoms with Crippen molar-refractivity contribution < 1.29 is 9.59 Å². The van der Waals surface area contributed by atoms with E-state index in [0.29, 0.717) is 19.0 Å². The third-order valence-electron chi connectivity index (χ3n) is 2.70. The molecule has 0 atom stereocenters. The quantitative estimate of drug-likeness (QED) is 0.781. The standard InChI is InChI=1S/C14H22N4O2/c1-10(2)4-6-15-13(19)5-7-16-14(20)12-9-17-11(3)8-18-12/h8-10H,4-7H2,1-3H3,(H,15,19)(H,16,20). The Bertz CT molecular complexity index is 443. The Labute approximate surface area is 119 Å². The lowest BCUT2D eigenvalue weighted by atomic mass is 10.1. The molecule has 1 rings (SSSR count). The number of hydrogen-bond acceptors (Lipinski definition) is 4. The number of aryl methyl sites for hydroxylation is 1. The van der Waals surface area contributed by atoms with Crippen molar-refractivity contribution in [3.8, 4) is 0 Å². The highest BCUT2D eigenvalue weighted by Crippen LogP contribution is 1.96. The number of rotatable bonds is 7. The maximum Gasteiger partial charge on any atom is 0.271 e. The highest BCUT2D eigenvalue weighted by atomic mass is 16.2. The van der Waals surface area contributed by atoms with E-state index < -0.39 is 0 Å². The van der Waals surface area contributed by atoms with E-state index >= 15 is 0 Å². The van der Waals surface area contributed by atoms with Gasteiger partial charge < -0.3 is 10.6 Å². The summed E-state index contributed by atoms with van der Waals surface area (Å²) in [4.78, 5) is 31.2. The molecular weight excluding hydrogens is 256 g/mol. The van der Waals surface area contributed by atoms with Gasteiger partial charge in [0.25, 0.3) is 5.91 Å². The number of nitrogens with zero attached hydrogens (tertiary/aromatic N) is 2. The van der Waals surface area contributed by atoms with Gasteiger partial charge >= 0.3 is 0 Å². The van der Waals surface area contributed by atoms with E-state index in [1.54, 1.807) is 6.92 Å². The van der Waals surface area contributed by atoms with Gasteiger partial charge in [0.2, 0.25) is 5.91 Å². The fourth-order valence-corrected chi connectivity index (χ4v) is 1.48. The van der Waals surface area contributed by atoms with Crippen molar-refractivity contribution in [2.45, 2.75) is 33.6 Å². The lowest BCUT2D eigenvalue weighted by molar-refractivity contribution is -0.120. The van der Waals surface area contributed by atoms with Crippen molar-refractivity contribution in [3.05, 3.63) is 23.8 Å². The highest BCUT2D eigenvalue weighted by molar-refractivity contribution is 5.92. The molecule has 6 heteroatoms. The first-order valence-corrected chi connectivity index (χ1v) is 6.82. The number of hydrogen-bond donors (Lipinski definition) is 2. The van der Waals surface area contributed by atoms with Gasteiger partial charge in [-0.1, -0.05) is 13.8 Å². The van der Waals surface area contributed by atoms with Gasteiger partial charge in [0.1, 0.15) is 5.69 Å². The van der Waals surface area contributed by atoms with Crippen LogP contribution >= 0.6 is 0 Å². The van der Waals surface area contributed by atoms with E-state index in [-0.39, 0.29) is 23.9 Å². The zero-order valence-electron chi connectivity index (χ0n) is 12.3. The molecule has 0 unspecified atom stereocenters. The Balaban J connectivity index is 2.21. The molecule has 1 heterocycles. The van der Waals surface area contributed by atoms with Crippen molar-refractivity contribution in [3.63, 3.8) is 0 Å². The Morgan fingerprint density at radius 3 is 2.50 bits per heavy atom. The predicted molar refractivity (Wildman–Crippen MR) is 76.2 cm³/mol. The average molecular weight is 278 g/mol. The van der Waals surface area contributed by atoms with Crippen LogP contribution in [0.1, 0.15) is 42.9 Å². The molecule has 1 aromatic rings. The van der Waals surface area contributed by atoms with Crippen molar-refractivity contribution >= 4 is 11.8 Å². The summed E-state index contributed by atoms with van der Waals surface area (Å²) < 4.78 is 0. The fraction of sp³-hybridized carbons (Fsp3) is 0.571. The minimum absolute atomic E-state index is 0.0547. The molecule has 0 aromatic carbocycles. The van der Waals surface area contributed by atoms with E-state index in [4.69, 9.17) is 0 Å². The molecular formula is C14H22N4O2. The average Bonchev–Trinajstić information content (AvgIpc) is 2.39. The van der Waals surface area contributed by atoms with Crippen LogP contribution in [0.5, 0.6) is 0 Å². The van der Waals surface area contributed by atoms with Gasteiger partial charge in [-0.3, -0.25) is 14.6 Å². The van der Waals surface area contributed by atoms with E-state index in [9.17, 15) is 9.59 Å². The SMILES string of the molecule is Cc1cnc(C(=O)NCCC(=O)NCCC(C)C)cn1. The lowest BCUT2D eigenvalue weighted by Gasteiger charge is -2.07. The van der Waals surface area contributed by atoms with Crippen LogP contribution < -0.4 is 10.6 Å². The number of amides is 2. The fourth-order valence-electron chi connectivity index (χ4n) is 1.48. The number of aromatic nitrogens is 2. The Morgan fingerprint density at radius 2 is 1.90 bits per heavy atom. The summed E-state index contributed by atoms with van der Waals surface area (Å²) in [5.74, 6) is 0.198. The highest BCUT2D eigenvalue weighted by Gasteiger charge is 2.08. The first-order valence-electron chi connectivity index (χ1n) is 6.82. The lowest BCUT2D eigenvalue weighted by Crippen LogP contribution is -2.31. The molecule has 2 amide bonds. The van der Waals surface area contributed by atoms with Crippen LogP contribution in [0.15, 0.2) is 12.4 Å². The Kier molecular flexibility index (Phi) is 6.63. The van der Waals surface area contributed by atoms with Crippen molar-refractivity contribution in [1.29, 1.82) is 0 Å². The largest absolute Gasteiger partial charge is 0.356 e. The summed E-state index contributed by atoms with van der Waals surface area (Å²) in [5, 5.41) is 5.46. The summed E-state index contributed by atoms with van der Waals surface area (Å²) in [6, 6.07) is 0. The molecule has 0 aliphatic carbocycles. The van der Waals surface area contributed by atoms with Crippen LogP contribution in [0, 0.1) is 12.8 Å². The third-order valence-corrected chi connectivity index (χ3v) is 2.70. The molecule has 20 heavy (non-hydrogen) atoms. The maximum absolute atomic E-state index is 11.7. The van der Waals surface area contributed by atoms with Crippen molar-refractivity contribution in [2.75, 3.05) is 13.1 Å². The van der Waals surface area contributed by atoms with Crippen molar-refractivity contribution in [2.24, 2.45) is 5.92 Å². The summed E-state index contributed by atoms with van der Waals surface area (Å²) in [7, 11) is 0. The smallest absolute Gasteiger partial charge is 0.271 e. The van der Waals surface area contributed by atoms with Gasteiger partial charge in [-0.05, 0) is 19.3 Å². The van der Waals surface area contributed by atoms with Gasteiger partial charge in [-0.2, -0.15) is 0 Å². The van der Waals surface area contributed by atoms with E-state index in [2.05, 4.69) is 34.4 Å². The molecule has 1 aromatic heterocycles. The molecule has 6 nitrogen and oxygen atoms in total. The van der Waals surface area contributed by atoms with Gasteiger partial charge in [0, 0.05) is 25.7 Å². The summed E-state index contributed by atoms with van der Waals surface area (Å²) in [5.41, 5.74) is 1.02. The number of nitrogens with one attached hydrogen (secondary N) is 2. The second kappa shape index (κ2) is 8.24. The topological polar surface area (TPSA) is 84.0 Å². The summed E-state index contributed by atoms with van der Waals surface area (Å²) in [6.45, 7) is 6.98. The molecule has 2 N–H and O–H groups in total. The van der Waals surface area contributed by atoms with E-state index in [1.807, 2.05) is 0 Å². The molecule has 0 saturated heterocycles. The number of carbonyl (C=O) groups is 2. The summed E-state index contributed by atoms with van der Waals surface area (Å²) >= 11 is 0. The van der Waals surface area contributed by atoms with Gasteiger partial charge in [0.05, 0.1) is 11.9 Å². The minimum atomic E-state index is -0.313.